The Hall–Kier alpha value is -3.08. The summed E-state index contributed by atoms with van der Waals surface area (Å²) in [6.45, 7) is 2.19. The third kappa shape index (κ3) is 5.70. The normalized spacial score (nSPS) is 10.7. The molecular weight excluding hydrogens is 362 g/mol. The zero-order valence-electron chi connectivity index (χ0n) is 17.2. The molecule has 0 bridgehead atoms. The fourth-order valence-corrected chi connectivity index (χ4v) is 3.23. The van der Waals surface area contributed by atoms with Crippen LogP contribution in [0, 0.1) is 0 Å². The fourth-order valence-electron chi connectivity index (χ4n) is 3.23. The van der Waals surface area contributed by atoms with Crippen LogP contribution in [0.15, 0.2) is 60.7 Å². The number of methoxy groups -OCH3 is 1. The Balaban J connectivity index is 1.80. The Labute approximate surface area is 172 Å². The number of unbranched alkanes of at least 4 members (excludes halogenated alkanes) is 4. The molecule has 1 N–H and O–H groups in total. The van der Waals surface area contributed by atoms with Gasteiger partial charge in [0.1, 0.15) is 11.6 Å². The second kappa shape index (κ2) is 10.5. The molecule has 1 heterocycles. The summed E-state index contributed by atoms with van der Waals surface area (Å²) in [5, 5.41) is 7.79. The first kappa shape index (κ1) is 20.6. The van der Waals surface area contributed by atoms with Crippen LogP contribution in [0.4, 0.5) is 5.82 Å². The average molecular weight is 392 g/mol. The first-order chi connectivity index (χ1) is 14.2. The summed E-state index contributed by atoms with van der Waals surface area (Å²) in [7, 11) is 1.64. The van der Waals surface area contributed by atoms with Crippen molar-refractivity contribution in [3.05, 3.63) is 60.7 Å². The molecule has 1 aromatic heterocycles. The van der Waals surface area contributed by atoms with E-state index >= 15 is 0 Å². The van der Waals surface area contributed by atoms with E-state index in [9.17, 15) is 4.79 Å². The van der Waals surface area contributed by atoms with E-state index in [1.807, 2.05) is 60.7 Å². The van der Waals surface area contributed by atoms with Crippen molar-refractivity contribution in [3.8, 4) is 22.7 Å². The Bertz CT molecular complexity index is 902. The number of aromatic nitrogens is 2. The van der Waals surface area contributed by atoms with Crippen LogP contribution < -0.4 is 10.1 Å². The first-order valence-corrected chi connectivity index (χ1v) is 10.3. The Morgan fingerprint density at radius 2 is 1.72 bits per heavy atom. The largest absolute Gasteiger partial charge is 0.497 e. The molecule has 3 rings (SSSR count). The summed E-state index contributed by atoms with van der Waals surface area (Å²) >= 11 is 0. The minimum absolute atomic E-state index is 0.0239. The van der Waals surface area contributed by atoms with Crippen molar-refractivity contribution in [2.24, 2.45) is 0 Å². The van der Waals surface area contributed by atoms with E-state index < -0.39 is 0 Å². The van der Waals surface area contributed by atoms with Gasteiger partial charge in [0.15, 0.2) is 0 Å². The smallest absolute Gasteiger partial charge is 0.225 e. The monoisotopic (exact) mass is 391 g/mol. The van der Waals surface area contributed by atoms with Gasteiger partial charge in [-0.25, -0.2) is 4.68 Å². The van der Waals surface area contributed by atoms with Crippen molar-refractivity contribution < 1.29 is 9.53 Å². The maximum atomic E-state index is 12.5. The van der Waals surface area contributed by atoms with Crippen molar-refractivity contribution in [2.45, 2.75) is 45.4 Å². The minimum Gasteiger partial charge on any atom is -0.497 e. The highest BCUT2D eigenvalue weighted by molar-refractivity contribution is 5.90. The van der Waals surface area contributed by atoms with Gasteiger partial charge in [-0.05, 0) is 30.7 Å². The summed E-state index contributed by atoms with van der Waals surface area (Å²) in [5.74, 6) is 1.48. The number of rotatable bonds is 10. The molecule has 2 aromatic carbocycles. The number of nitrogens with zero attached hydrogens (tertiary/aromatic N) is 2. The van der Waals surface area contributed by atoms with E-state index in [0.29, 0.717) is 12.2 Å². The molecule has 0 atom stereocenters. The highest BCUT2D eigenvalue weighted by Gasteiger charge is 2.14. The standard InChI is InChI=1S/C24H29N3O2/c1-3-4-5-6-10-13-24(28)25-23-18-22(19-11-8-7-9-12-19)26-27(23)20-14-16-21(29-2)17-15-20/h7-9,11-12,14-18H,3-6,10,13H2,1-2H3,(H,25,28). The van der Waals surface area contributed by atoms with Crippen molar-refractivity contribution in [3.63, 3.8) is 0 Å². The van der Waals surface area contributed by atoms with E-state index in [2.05, 4.69) is 12.2 Å². The molecule has 3 aromatic rings. The summed E-state index contributed by atoms with van der Waals surface area (Å²) in [5.41, 5.74) is 2.70. The predicted octanol–water partition coefficient (Wildman–Crippen LogP) is 5.85. The lowest BCUT2D eigenvalue weighted by Crippen LogP contribution is -2.14. The number of ether oxygens (including phenoxy) is 1. The second-order valence-corrected chi connectivity index (χ2v) is 7.10. The molecular formula is C24H29N3O2. The van der Waals surface area contributed by atoms with Gasteiger partial charge in [0.2, 0.25) is 5.91 Å². The van der Waals surface area contributed by atoms with Crippen molar-refractivity contribution >= 4 is 11.7 Å². The number of nitrogens with one attached hydrogen (secondary N) is 1. The lowest BCUT2D eigenvalue weighted by Gasteiger charge is -2.09. The summed E-state index contributed by atoms with van der Waals surface area (Å²) < 4.78 is 7.02. The number of amides is 1. The minimum atomic E-state index is 0.0239. The highest BCUT2D eigenvalue weighted by Crippen LogP contribution is 2.26. The highest BCUT2D eigenvalue weighted by atomic mass is 16.5. The van der Waals surface area contributed by atoms with E-state index in [-0.39, 0.29) is 5.91 Å². The fraction of sp³-hybridized carbons (Fsp3) is 0.333. The van der Waals surface area contributed by atoms with Gasteiger partial charge in [0.25, 0.3) is 0 Å². The van der Waals surface area contributed by atoms with Crippen LogP contribution in [-0.2, 0) is 4.79 Å². The van der Waals surface area contributed by atoms with Crippen LogP contribution in [0.25, 0.3) is 16.9 Å². The number of carbonyl (C=O) groups is 1. The van der Waals surface area contributed by atoms with Gasteiger partial charge in [-0.15, -0.1) is 0 Å². The van der Waals surface area contributed by atoms with Gasteiger partial charge in [-0.1, -0.05) is 62.9 Å². The average Bonchev–Trinajstić information content (AvgIpc) is 3.18. The third-order valence-electron chi connectivity index (χ3n) is 4.87. The lowest BCUT2D eigenvalue weighted by atomic mass is 10.1. The SMILES string of the molecule is CCCCCCCC(=O)Nc1cc(-c2ccccc2)nn1-c1ccc(OC)cc1. The van der Waals surface area contributed by atoms with Crippen LogP contribution in [0.1, 0.15) is 45.4 Å². The zero-order valence-corrected chi connectivity index (χ0v) is 17.2. The maximum Gasteiger partial charge on any atom is 0.225 e. The summed E-state index contributed by atoms with van der Waals surface area (Å²) in [4.78, 5) is 12.5. The Morgan fingerprint density at radius 1 is 1.00 bits per heavy atom. The van der Waals surface area contributed by atoms with Crippen LogP contribution in [0.3, 0.4) is 0 Å². The molecule has 0 saturated heterocycles. The van der Waals surface area contributed by atoms with Gasteiger partial charge >= 0.3 is 0 Å². The quantitative estimate of drug-likeness (QED) is 0.441. The molecule has 152 valence electrons. The van der Waals surface area contributed by atoms with Crippen molar-refractivity contribution in [1.82, 2.24) is 9.78 Å². The van der Waals surface area contributed by atoms with Crippen LogP contribution >= 0.6 is 0 Å². The summed E-state index contributed by atoms with van der Waals surface area (Å²) in [6, 6.07) is 19.5. The predicted molar refractivity (Wildman–Crippen MR) is 118 cm³/mol. The lowest BCUT2D eigenvalue weighted by molar-refractivity contribution is -0.116. The molecule has 0 saturated carbocycles. The second-order valence-electron chi connectivity index (χ2n) is 7.10. The number of benzene rings is 2. The molecule has 0 fully saturated rings. The molecule has 5 heteroatoms. The number of carbonyl (C=O) groups excluding carboxylic acids is 1. The Kier molecular flexibility index (Phi) is 7.45. The number of hydrogen-bond donors (Lipinski definition) is 1. The Morgan fingerprint density at radius 3 is 2.41 bits per heavy atom. The van der Waals surface area contributed by atoms with Gasteiger partial charge in [-0.2, -0.15) is 5.10 Å². The number of anilines is 1. The zero-order chi connectivity index (χ0) is 20.5. The van der Waals surface area contributed by atoms with Crippen LogP contribution in [-0.4, -0.2) is 22.8 Å². The first-order valence-electron chi connectivity index (χ1n) is 10.3. The maximum absolute atomic E-state index is 12.5. The molecule has 0 unspecified atom stereocenters. The van der Waals surface area contributed by atoms with Gasteiger partial charge in [0, 0.05) is 18.1 Å². The molecule has 0 spiro atoms. The van der Waals surface area contributed by atoms with E-state index in [1.165, 1.54) is 19.3 Å². The molecule has 1 amide bonds. The van der Waals surface area contributed by atoms with E-state index in [1.54, 1.807) is 11.8 Å². The molecule has 29 heavy (non-hydrogen) atoms. The topological polar surface area (TPSA) is 56.2 Å². The molecule has 0 radical (unpaired) electrons. The van der Waals surface area contributed by atoms with Crippen molar-refractivity contribution in [1.29, 1.82) is 0 Å². The van der Waals surface area contributed by atoms with E-state index in [4.69, 9.17) is 9.84 Å². The van der Waals surface area contributed by atoms with Gasteiger partial charge in [0.05, 0.1) is 18.5 Å². The van der Waals surface area contributed by atoms with Crippen LogP contribution in [0.5, 0.6) is 5.75 Å². The van der Waals surface area contributed by atoms with Crippen LogP contribution in [0.2, 0.25) is 0 Å². The molecule has 0 aliphatic rings. The third-order valence-corrected chi connectivity index (χ3v) is 4.87. The molecule has 5 nitrogen and oxygen atoms in total. The number of hydrogen-bond acceptors (Lipinski definition) is 3. The van der Waals surface area contributed by atoms with Gasteiger partial charge in [-0.3, -0.25) is 4.79 Å². The van der Waals surface area contributed by atoms with Gasteiger partial charge < -0.3 is 10.1 Å². The molecule has 0 aliphatic carbocycles. The summed E-state index contributed by atoms with van der Waals surface area (Å²) in [6.07, 6.45) is 6.15. The molecule has 0 aliphatic heterocycles. The van der Waals surface area contributed by atoms with Crippen molar-refractivity contribution in [2.75, 3.05) is 12.4 Å². The van der Waals surface area contributed by atoms with E-state index in [0.717, 1.165) is 35.5 Å².